The fraction of sp³-hybridized carbons (Fsp3) is 0.367. The molecule has 2 aliphatic rings. The van der Waals surface area contributed by atoms with Gasteiger partial charge in [0.05, 0.1) is 35.0 Å². The second-order valence-electron chi connectivity index (χ2n) is 21.0. The van der Waals surface area contributed by atoms with Gasteiger partial charge in [-0.05, 0) is 143 Å². The number of carbonyl (C=O) groups excluding carboxylic acids is 2. The first-order valence-electron chi connectivity index (χ1n) is 27.1. The molecule has 4 unspecified atom stereocenters. The van der Waals surface area contributed by atoms with E-state index in [2.05, 4.69) is 9.47 Å². The summed E-state index contributed by atoms with van der Waals surface area (Å²) in [5.74, 6) is -15.2. The molecular formula is C60H60F8O18S4+2. The van der Waals surface area contributed by atoms with Crippen LogP contribution in [-0.2, 0) is 98.0 Å². The van der Waals surface area contributed by atoms with Gasteiger partial charge in [-0.2, -0.15) is 52.0 Å². The number of carbonyl (C=O) groups is 2. The van der Waals surface area contributed by atoms with Crippen molar-refractivity contribution in [3.05, 3.63) is 166 Å². The highest BCUT2D eigenvalue weighted by molar-refractivity contribution is 7.97. The molecule has 2 saturated heterocycles. The maximum atomic E-state index is 14.5. The van der Waals surface area contributed by atoms with E-state index in [1.807, 2.05) is 61.5 Å². The lowest BCUT2D eigenvalue weighted by Crippen LogP contribution is -2.45. The van der Waals surface area contributed by atoms with Gasteiger partial charge in [-0.25, -0.2) is 9.59 Å². The molecule has 6 aromatic rings. The van der Waals surface area contributed by atoms with Crippen LogP contribution in [0.15, 0.2) is 157 Å². The van der Waals surface area contributed by atoms with E-state index in [9.17, 15) is 71.8 Å². The maximum Gasteiger partial charge on any atom is 0.418 e. The third-order valence-electron chi connectivity index (χ3n) is 14.3. The highest BCUT2D eigenvalue weighted by Crippen LogP contribution is 2.45. The maximum absolute atomic E-state index is 14.5. The Labute approximate surface area is 517 Å². The summed E-state index contributed by atoms with van der Waals surface area (Å²) in [6, 6.07) is 36.7. The number of hydrogen-bond acceptors (Lipinski definition) is 16. The largest absolute Gasteiger partial charge is 0.424 e. The smallest absolute Gasteiger partial charge is 0.418 e. The molecule has 18 nitrogen and oxygen atoms in total. The first kappa shape index (κ1) is 69.8. The van der Waals surface area contributed by atoms with Gasteiger partial charge in [0.2, 0.25) is 12.6 Å². The summed E-state index contributed by atoms with van der Waals surface area (Å²) < 4.78 is 220. The molecule has 0 aromatic heterocycles. The Bertz CT molecular complexity index is 3760. The second kappa shape index (κ2) is 27.2. The van der Waals surface area contributed by atoms with Crippen LogP contribution in [0.1, 0.15) is 65.6 Å². The minimum absolute atomic E-state index is 0.0638. The summed E-state index contributed by atoms with van der Waals surface area (Å²) >= 11 is 0. The zero-order valence-corrected chi connectivity index (χ0v) is 51.6. The van der Waals surface area contributed by atoms with Gasteiger partial charge in [-0.1, -0.05) is 30.3 Å². The lowest BCUT2D eigenvalue weighted by atomic mass is 10.0. The van der Waals surface area contributed by atoms with Gasteiger partial charge < -0.3 is 48.1 Å². The molecular weight excluding hydrogens is 1290 g/mol. The Kier molecular flexibility index (Phi) is 21.1. The van der Waals surface area contributed by atoms with Gasteiger partial charge in [0.1, 0.15) is 37.9 Å². The topological polar surface area (TPSA) is 257 Å². The highest BCUT2D eigenvalue weighted by Gasteiger charge is 2.61. The molecule has 6 aromatic carbocycles. The van der Waals surface area contributed by atoms with E-state index >= 15 is 0 Å². The molecule has 90 heavy (non-hydrogen) atoms. The molecule has 30 heteroatoms. The Morgan fingerprint density at radius 2 is 0.922 bits per heavy atom. The monoisotopic (exact) mass is 1350 g/mol. The number of rotatable bonds is 22. The SMILES string of the molecule is Cc1cc([S+](c2ccc(C3(C)OCC(F)(F)C(F)(F)CO3)cc2)c2cccc(Cc3cc([S+](c4ccccc4)c4ccc(C5(C)OCCCCO5)cc4)cc(C)c3OC(=O)COC(O)C(F)(F)S(=O)(=O)O)c2)cc(C)c1OC(=O)COC(O)C(F)(F)S(=O)(=O)O. The molecule has 0 spiro atoms. The molecule has 2 fully saturated rings. The highest BCUT2D eigenvalue weighted by atomic mass is 32.2. The van der Waals surface area contributed by atoms with Crippen molar-refractivity contribution in [2.24, 2.45) is 0 Å². The van der Waals surface area contributed by atoms with Crippen LogP contribution in [0.25, 0.3) is 0 Å². The van der Waals surface area contributed by atoms with Gasteiger partial charge in [0.25, 0.3) is 0 Å². The van der Waals surface area contributed by atoms with Gasteiger partial charge in [-0.15, -0.1) is 0 Å². The van der Waals surface area contributed by atoms with E-state index in [-0.39, 0.29) is 34.6 Å². The van der Waals surface area contributed by atoms with Gasteiger partial charge in [-0.3, -0.25) is 9.11 Å². The Hall–Kier alpha value is -6.10. The lowest BCUT2D eigenvalue weighted by Gasteiger charge is -2.28. The van der Waals surface area contributed by atoms with E-state index < -0.39 is 127 Å². The molecule has 2 aliphatic heterocycles. The predicted octanol–water partition coefficient (Wildman–Crippen LogP) is 10.3. The van der Waals surface area contributed by atoms with Gasteiger partial charge >= 0.3 is 54.5 Å². The van der Waals surface area contributed by atoms with Gasteiger partial charge in [0.15, 0.2) is 40.9 Å². The first-order chi connectivity index (χ1) is 42.0. The van der Waals surface area contributed by atoms with Crippen molar-refractivity contribution in [3.8, 4) is 11.5 Å². The summed E-state index contributed by atoms with van der Waals surface area (Å²) in [4.78, 5) is 30.4. The molecule has 0 bridgehead atoms. The number of ether oxygens (including phenoxy) is 8. The number of aryl methyl sites for hydroxylation is 3. The number of hydrogen-bond donors (Lipinski definition) is 4. The summed E-state index contributed by atoms with van der Waals surface area (Å²) in [5.41, 5.74) is 2.53. The summed E-state index contributed by atoms with van der Waals surface area (Å²) in [6.07, 6.45) is -5.41. The van der Waals surface area contributed by atoms with Crippen LogP contribution in [0.5, 0.6) is 11.5 Å². The second-order valence-corrected chi connectivity index (χ2v) is 28.1. The molecule has 8 rings (SSSR count). The fourth-order valence-corrected chi connectivity index (χ4v) is 14.6. The van der Waals surface area contributed by atoms with Crippen molar-refractivity contribution in [2.75, 3.05) is 39.6 Å². The van der Waals surface area contributed by atoms with E-state index in [4.69, 9.17) is 37.5 Å². The number of aliphatic hydroxyl groups is 2. The van der Waals surface area contributed by atoms with Crippen molar-refractivity contribution in [1.29, 1.82) is 0 Å². The van der Waals surface area contributed by atoms with Crippen LogP contribution in [0.2, 0.25) is 0 Å². The van der Waals surface area contributed by atoms with Crippen molar-refractivity contribution in [2.45, 2.75) is 130 Å². The average Bonchev–Trinajstić information content (AvgIpc) is 1.14. The molecule has 2 heterocycles. The van der Waals surface area contributed by atoms with Crippen molar-refractivity contribution in [3.63, 3.8) is 0 Å². The Balaban J connectivity index is 1.21. The summed E-state index contributed by atoms with van der Waals surface area (Å²) in [7, 11) is -14.6. The molecule has 0 amide bonds. The van der Waals surface area contributed by atoms with Crippen molar-refractivity contribution in [1.82, 2.24) is 0 Å². The molecule has 0 aliphatic carbocycles. The third-order valence-corrected chi connectivity index (χ3v) is 20.4. The first-order valence-corrected chi connectivity index (χ1v) is 32.4. The third kappa shape index (κ3) is 15.5. The molecule has 0 saturated carbocycles. The standard InChI is InChI=1S/C60H58F8O18S4/c1-36-26-47(27-37(2)51(36)85-49(69)32-79-53(71)59(65,66)89(73,74)75)88(45-22-18-42(19-23-45)56(5)83-34-57(61,62)58(63,64)35-84-56)46-15-11-12-39(30-46)29-40-31-48(28-38(3)52(40)86-50(70)33-80-54(72)60(67,68)90(76,77)78)87(43-13-7-6-8-14-43)44-20-16-41(17-21-44)55(4)81-24-9-10-25-82-55/h6-8,11-23,26-28,30-31,53-54,71-72H,9-10,24-25,29,32-35H2,1-5H3/p+2. The lowest BCUT2D eigenvalue weighted by molar-refractivity contribution is -0.233. The van der Waals surface area contributed by atoms with E-state index in [1.54, 1.807) is 67.6 Å². The number of halogens is 8. The van der Waals surface area contributed by atoms with Crippen LogP contribution < -0.4 is 9.47 Å². The minimum atomic E-state index is -6.21. The Morgan fingerprint density at radius 3 is 1.38 bits per heavy atom. The minimum Gasteiger partial charge on any atom is -0.424 e. The fourth-order valence-electron chi connectivity index (χ4n) is 9.41. The predicted molar refractivity (Wildman–Crippen MR) is 306 cm³/mol. The van der Waals surface area contributed by atoms with E-state index in [0.29, 0.717) is 49.5 Å². The molecule has 4 N–H and O–H groups in total. The van der Waals surface area contributed by atoms with Crippen LogP contribution in [0.3, 0.4) is 0 Å². The molecule has 486 valence electrons. The van der Waals surface area contributed by atoms with E-state index in [0.717, 1.165) is 28.2 Å². The molecule has 4 atom stereocenters. The average molecular weight is 1350 g/mol. The van der Waals surface area contributed by atoms with Crippen LogP contribution in [-0.4, -0.2) is 123 Å². The van der Waals surface area contributed by atoms with Crippen molar-refractivity contribution >= 4 is 54.0 Å². The zero-order chi connectivity index (χ0) is 66.0. The quantitative estimate of drug-likeness (QED) is 0.0123. The number of aliphatic hydroxyl groups excluding tert-OH is 2. The zero-order valence-electron chi connectivity index (χ0n) is 48.3. The normalized spacial score (nSPS) is 18.3. The number of benzene rings is 6. The van der Waals surface area contributed by atoms with Crippen LogP contribution in [0.4, 0.5) is 35.1 Å². The summed E-state index contributed by atoms with van der Waals surface area (Å²) in [5, 5.41) is 9.11. The number of esters is 2. The van der Waals surface area contributed by atoms with Crippen LogP contribution in [0, 0.1) is 20.8 Å². The summed E-state index contributed by atoms with van der Waals surface area (Å²) in [6.45, 7) is 2.43. The van der Waals surface area contributed by atoms with Crippen molar-refractivity contribution < 1.29 is 119 Å². The molecule has 0 radical (unpaired) electrons. The van der Waals surface area contributed by atoms with Crippen LogP contribution >= 0.6 is 0 Å². The van der Waals surface area contributed by atoms with E-state index in [1.165, 1.54) is 32.9 Å². The Morgan fingerprint density at radius 1 is 0.533 bits per heavy atom. The van der Waals surface area contributed by atoms with Gasteiger partial charge in [0, 0.05) is 47.4 Å². The number of alkyl halides is 8.